The lowest BCUT2D eigenvalue weighted by Crippen LogP contribution is -2.29. The minimum atomic E-state index is -0.875. The number of thiocarbonyl (C=S) groups is 1. The van der Waals surface area contributed by atoms with Gasteiger partial charge in [0.05, 0.1) is 16.9 Å². The van der Waals surface area contributed by atoms with Crippen LogP contribution in [0.25, 0.3) is 6.08 Å². The number of carboxylic acid groups (broad SMARTS) is 1. The topological polar surface area (TPSA) is 75.4 Å². The predicted molar refractivity (Wildman–Crippen MR) is 80.0 cm³/mol. The van der Waals surface area contributed by atoms with Crippen LogP contribution in [-0.4, -0.2) is 42.3 Å². The summed E-state index contributed by atoms with van der Waals surface area (Å²) in [7, 11) is 1.85. The Kier molecular flexibility index (Phi) is 4.56. The third-order valence-corrected chi connectivity index (χ3v) is 4.03. The first-order valence-electron chi connectivity index (χ1n) is 5.92. The first-order chi connectivity index (χ1) is 9.47. The van der Waals surface area contributed by atoms with Gasteiger partial charge in [0.25, 0.3) is 5.91 Å². The normalized spacial score (nSPS) is 17.2. The third-order valence-electron chi connectivity index (χ3n) is 2.65. The van der Waals surface area contributed by atoms with Gasteiger partial charge in [-0.05, 0) is 12.5 Å². The van der Waals surface area contributed by atoms with Gasteiger partial charge < -0.3 is 9.67 Å². The second-order valence-corrected chi connectivity index (χ2v) is 5.97. The largest absolute Gasteiger partial charge is 0.481 e. The van der Waals surface area contributed by atoms with Crippen molar-refractivity contribution in [3.05, 3.63) is 23.1 Å². The molecule has 2 rings (SSSR count). The van der Waals surface area contributed by atoms with Crippen LogP contribution < -0.4 is 0 Å². The van der Waals surface area contributed by atoms with E-state index in [-0.39, 0.29) is 12.3 Å². The maximum Gasteiger partial charge on any atom is 0.303 e. The van der Waals surface area contributed by atoms with Gasteiger partial charge in [-0.3, -0.25) is 14.5 Å². The second-order valence-electron chi connectivity index (χ2n) is 4.29. The minimum absolute atomic E-state index is 0.0242. The van der Waals surface area contributed by atoms with E-state index in [1.807, 2.05) is 7.05 Å². The molecular weight excluding hydrogens is 298 g/mol. The molecule has 0 aliphatic carbocycles. The second kappa shape index (κ2) is 6.19. The molecular formula is C12H13N3O3S2. The summed E-state index contributed by atoms with van der Waals surface area (Å²) in [6.07, 6.45) is 5.56. The fraction of sp³-hybridized carbons (Fsp3) is 0.333. The van der Waals surface area contributed by atoms with Crippen LogP contribution in [0.15, 0.2) is 17.4 Å². The summed E-state index contributed by atoms with van der Waals surface area (Å²) in [5.41, 5.74) is 0.693. The number of thioether (sulfide) groups is 1. The summed E-state index contributed by atoms with van der Waals surface area (Å²) in [5.74, 6) is -1.06. The van der Waals surface area contributed by atoms with Gasteiger partial charge in [0.2, 0.25) is 0 Å². The highest BCUT2D eigenvalue weighted by atomic mass is 32.2. The highest BCUT2D eigenvalue weighted by Crippen LogP contribution is 2.32. The molecule has 0 radical (unpaired) electrons. The summed E-state index contributed by atoms with van der Waals surface area (Å²) < 4.78 is 2.25. The Hall–Kier alpha value is -1.67. The van der Waals surface area contributed by atoms with Crippen molar-refractivity contribution in [2.45, 2.75) is 12.8 Å². The zero-order valence-electron chi connectivity index (χ0n) is 10.8. The number of aliphatic carboxylic acids is 1. The number of carbonyl (C=O) groups is 2. The molecule has 20 heavy (non-hydrogen) atoms. The van der Waals surface area contributed by atoms with Crippen molar-refractivity contribution in [3.8, 4) is 0 Å². The van der Waals surface area contributed by atoms with Gasteiger partial charge in [-0.1, -0.05) is 24.0 Å². The average molecular weight is 311 g/mol. The molecule has 2 heterocycles. The number of aromatic nitrogens is 2. The minimum Gasteiger partial charge on any atom is -0.481 e. The Labute approximate surface area is 125 Å². The van der Waals surface area contributed by atoms with Crippen molar-refractivity contribution in [2.75, 3.05) is 6.54 Å². The van der Waals surface area contributed by atoms with Crippen LogP contribution in [0.4, 0.5) is 0 Å². The molecule has 0 saturated carbocycles. The molecule has 1 amide bonds. The lowest BCUT2D eigenvalue weighted by Gasteiger charge is -2.13. The van der Waals surface area contributed by atoms with Crippen LogP contribution in [0.2, 0.25) is 0 Å². The van der Waals surface area contributed by atoms with Crippen LogP contribution in [-0.2, 0) is 16.6 Å². The summed E-state index contributed by atoms with van der Waals surface area (Å²) in [4.78, 5) is 28.7. The molecule has 1 fully saturated rings. The monoisotopic (exact) mass is 311 g/mol. The molecule has 1 aliphatic rings. The Morgan fingerprint density at radius 2 is 2.35 bits per heavy atom. The number of hydrogen-bond donors (Lipinski definition) is 1. The maximum atomic E-state index is 12.2. The van der Waals surface area contributed by atoms with E-state index in [1.165, 1.54) is 16.7 Å². The van der Waals surface area contributed by atoms with Gasteiger partial charge in [-0.15, -0.1) is 0 Å². The first kappa shape index (κ1) is 14.7. The third kappa shape index (κ3) is 3.45. The number of aryl methyl sites for hydroxylation is 1. The number of amides is 1. The SMILES string of the molecule is Cn1cnc(/C=C2\SC(=S)N(CCCC(=O)O)C2=O)c1. The maximum absolute atomic E-state index is 12.2. The molecule has 0 bridgehead atoms. The molecule has 1 aromatic rings. The molecule has 106 valence electrons. The smallest absolute Gasteiger partial charge is 0.303 e. The van der Waals surface area contributed by atoms with E-state index >= 15 is 0 Å². The molecule has 0 spiro atoms. The average Bonchev–Trinajstić information content (AvgIpc) is 2.88. The van der Waals surface area contributed by atoms with Crippen LogP contribution >= 0.6 is 24.0 Å². The molecule has 1 aromatic heterocycles. The fourth-order valence-electron chi connectivity index (χ4n) is 1.72. The van der Waals surface area contributed by atoms with Gasteiger partial charge in [-0.25, -0.2) is 4.98 Å². The van der Waals surface area contributed by atoms with Crippen molar-refractivity contribution in [1.82, 2.24) is 14.5 Å². The van der Waals surface area contributed by atoms with Crippen molar-refractivity contribution < 1.29 is 14.7 Å². The number of carbonyl (C=O) groups excluding carboxylic acids is 1. The molecule has 1 N–H and O–H groups in total. The fourth-order valence-corrected chi connectivity index (χ4v) is 3.02. The quantitative estimate of drug-likeness (QED) is 0.656. The summed E-state index contributed by atoms with van der Waals surface area (Å²) >= 11 is 6.37. The van der Waals surface area contributed by atoms with Gasteiger partial charge in [-0.2, -0.15) is 0 Å². The predicted octanol–water partition coefficient (Wildman–Crippen LogP) is 1.49. The van der Waals surface area contributed by atoms with E-state index in [4.69, 9.17) is 17.3 Å². The number of nitrogens with zero attached hydrogens (tertiary/aromatic N) is 3. The van der Waals surface area contributed by atoms with Crippen molar-refractivity contribution in [2.24, 2.45) is 7.05 Å². The van der Waals surface area contributed by atoms with Crippen LogP contribution in [0, 0.1) is 0 Å². The number of imidazole rings is 1. The van der Waals surface area contributed by atoms with Gasteiger partial charge in [0, 0.05) is 26.2 Å². The van der Waals surface area contributed by atoms with E-state index in [0.717, 1.165) is 0 Å². The lowest BCUT2D eigenvalue weighted by atomic mass is 10.3. The molecule has 1 saturated heterocycles. The summed E-state index contributed by atoms with van der Waals surface area (Å²) in [6.45, 7) is 0.330. The van der Waals surface area contributed by atoms with E-state index in [1.54, 1.807) is 23.2 Å². The molecule has 0 aromatic carbocycles. The van der Waals surface area contributed by atoms with E-state index in [0.29, 0.717) is 27.9 Å². The van der Waals surface area contributed by atoms with E-state index in [9.17, 15) is 9.59 Å². The molecule has 6 nitrogen and oxygen atoms in total. The molecule has 1 aliphatic heterocycles. The van der Waals surface area contributed by atoms with Crippen LogP contribution in [0.5, 0.6) is 0 Å². The van der Waals surface area contributed by atoms with E-state index < -0.39 is 5.97 Å². The van der Waals surface area contributed by atoms with Crippen LogP contribution in [0.3, 0.4) is 0 Å². The highest BCUT2D eigenvalue weighted by Gasteiger charge is 2.31. The highest BCUT2D eigenvalue weighted by molar-refractivity contribution is 8.26. The Morgan fingerprint density at radius 3 is 2.95 bits per heavy atom. The standard InChI is InChI=1S/C12H13N3O3S2/c1-14-6-8(13-7-14)5-9-11(18)15(12(19)20-9)4-2-3-10(16)17/h5-7H,2-4H2,1H3,(H,16,17)/b9-5-. The number of hydrogen-bond acceptors (Lipinski definition) is 5. The lowest BCUT2D eigenvalue weighted by molar-refractivity contribution is -0.137. The molecule has 0 unspecified atom stereocenters. The van der Waals surface area contributed by atoms with Gasteiger partial charge in [0.1, 0.15) is 4.32 Å². The van der Waals surface area contributed by atoms with Gasteiger partial charge >= 0.3 is 5.97 Å². The Morgan fingerprint density at radius 1 is 1.60 bits per heavy atom. The number of carboxylic acids is 1. The number of rotatable bonds is 5. The first-order valence-corrected chi connectivity index (χ1v) is 7.15. The summed E-state index contributed by atoms with van der Waals surface area (Å²) in [5, 5.41) is 8.60. The van der Waals surface area contributed by atoms with Gasteiger partial charge in [0.15, 0.2) is 0 Å². The van der Waals surface area contributed by atoms with Crippen molar-refractivity contribution in [1.29, 1.82) is 0 Å². The summed E-state index contributed by atoms with van der Waals surface area (Å²) in [6, 6.07) is 0. The van der Waals surface area contributed by atoms with E-state index in [2.05, 4.69) is 4.98 Å². The van der Waals surface area contributed by atoms with Crippen molar-refractivity contribution in [3.63, 3.8) is 0 Å². The molecule has 0 atom stereocenters. The zero-order chi connectivity index (χ0) is 14.7. The zero-order valence-corrected chi connectivity index (χ0v) is 12.4. The Balaban J connectivity index is 2.04. The molecule has 8 heteroatoms. The van der Waals surface area contributed by atoms with Crippen LogP contribution in [0.1, 0.15) is 18.5 Å². The Bertz CT molecular complexity index is 595. The van der Waals surface area contributed by atoms with Crippen molar-refractivity contribution >= 4 is 46.3 Å².